The minimum Gasteiger partial charge on any atom is -0.467 e. The summed E-state index contributed by atoms with van der Waals surface area (Å²) in [4.78, 5) is 29.6. The lowest BCUT2D eigenvalue weighted by molar-refractivity contribution is -0.124. The number of aryl methyl sites for hydroxylation is 1. The molecule has 0 aromatic carbocycles. The van der Waals surface area contributed by atoms with Crippen LogP contribution < -0.4 is 5.32 Å². The Morgan fingerprint density at radius 2 is 2.21 bits per heavy atom. The van der Waals surface area contributed by atoms with Gasteiger partial charge in [0.15, 0.2) is 6.61 Å². The minimum atomic E-state index is -0.541. The van der Waals surface area contributed by atoms with E-state index in [4.69, 9.17) is 9.15 Å². The van der Waals surface area contributed by atoms with Crippen molar-refractivity contribution in [2.45, 2.75) is 13.5 Å². The smallest absolute Gasteiger partial charge is 0.350 e. The zero-order valence-corrected chi connectivity index (χ0v) is 14.4. The van der Waals surface area contributed by atoms with Crippen molar-refractivity contribution in [2.75, 3.05) is 6.61 Å². The molecule has 8 heteroatoms. The molecule has 3 aromatic rings. The number of amides is 1. The Labute approximate surface area is 146 Å². The molecule has 0 radical (unpaired) electrons. The summed E-state index contributed by atoms with van der Waals surface area (Å²) in [6.07, 6.45) is 1.53. The van der Waals surface area contributed by atoms with E-state index in [2.05, 4.69) is 10.3 Å². The van der Waals surface area contributed by atoms with Crippen LogP contribution in [0.4, 0.5) is 0 Å². The molecule has 124 valence electrons. The van der Waals surface area contributed by atoms with Crippen molar-refractivity contribution in [1.82, 2.24) is 10.3 Å². The van der Waals surface area contributed by atoms with Gasteiger partial charge in [0.25, 0.3) is 5.91 Å². The van der Waals surface area contributed by atoms with Gasteiger partial charge in [-0.25, -0.2) is 9.78 Å². The molecule has 0 aliphatic carbocycles. The summed E-state index contributed by atoms with van der Waals surface area (Å²) in [5.41, 5.74) is 0.601. The molecule has 3 aromatic heterocycles. The molecule has 24 heavy (non-hydrogen) atoms. The fraction of sp³-hybridized carbons (Fsp3) is 0.188. The molecule has 0 bridgehead atoms. The molecule has 6 nitrogen and oxygen atoms in total. The molecule has 0 unspecified atom stereocenters. The lowest BCUT2D eigenvalue weighted by Crippen LogP contribution is -2.28. The van der Waals surface area contributed by atoms with E-state index in [-0.39, 0.29) is 19.1 Å². The van der Waals surface area contributed by atoms with Gasteiger partial charge in [-0.05, 0) is 30.5 Å². The van der Waals surface area contributed by atoms with Crippen LogP contribution in [0.1, 0.15) is 21.1 Å². The highest BCUT2D eigenvalue weighted by Crippen LogP contribution is 2.31. The highest BCUT2D eigenvalue weighted by molar-refractivity contribution is 7.22. The van der Waals surface area contributed by atoms with E-state index in [1.807, 2.05) is 17.5 Å². The second kappa shape index (κ2) is 7.41. The van der Waals surface area contributed by atoms with Crippen molar-refractivity contribution in [2.24, 2.45) is 0 Å². The summed E-state index contributed by atoms with van der Waals surface area (Å²) in [6, 6.07) is 7.36. The van der Waals surface area contributed by atoms with Crippen LogP contribution in [0.25, 0.3) is 9.88 Å². The number of hydrogen-bond acceptors (Lipinski definition) is 7. The molecule has 0 saturated carbocycles. The van der Waals surface area contributed by atoms with Gasteiger partial charge >= 0.3 is 5.97 Å². The van der Waals surface area contributed by atoms with Gasteiger partial charge in [-0.2, -0.15) is 0 Å². The largest absolute Gasteiger partial charge is 0.467 e. The highest BCUT2D eigenvalue weighted by atomic mass is 32.1. The van der Waals surface area contributed by atoms with Crippen LogP contribution in [0.15, 0.2) is 40.3 Å². The zero-order valence-electron chi connectivity index (χ0n) is 12.8. The first-order valence-corrected chi connectivity index (χ1v) is 8.80. The lowest BCUT2D eigenvalue weighted by atomic mass is 10.4. The van der Waals surface area contributed by atoms with Gasteiger partial charge in [0.2, 0.25) is 0 Å². The molecule has 1 N–H and O–H groups in total. The molecular weight excluding hydrogens is 348 g/mol. The van der Waals surface area contributed by atoms with Gasteiger partial charge in [-0.15, -0.1) is 22.7 Å². The molecule has 1 amide bonds. The van der Waals surface area contributed by atoms with Crippen LogP contribution in [0.3, 0.4) is 0 Å². The van der Waals surface area contributed by atoms with E-state index in [1.165, 1.54) is 17.6 Å². The van der Waals surface area contributed by atoms with Gasteiger partial charge in [0.05, 0.1) is 23.4 Å². The van der Waals surface area contributed by atoms with Crippen molar-refractivity contribution in [3.8, 4) is 9.88 Å². The van der Waals surface area contributed by atoms with Crippen molar-refractivity contribution < 1.29 is 18.7 Å². The Kier molecular flexibility index (Phi) is 5.07. The summed E-state index contributed by atoms with van der Waals surface area (Å²) in [6.45, 7) is 1.66. The topological polar surface area (TPSA) is 81.4 Å². The highest BCUT2D eigenvalue weighted by Gasteiger charge is 2.19. The molecule has 0 atom stereocenters. The molecule has 0 fully saturated rings. The van der Waals surface area contributed by atoms with Gasteiger partial charge < -0.3 is 14.5 Å². The molecular formula is C16H14N2O4S2. The summed E-state index contributed by atoms with van der Waals surface area (Å²) >= 11 is 2.82. The number of carbonyl (C=O) groups excluding carboxylic acids is 2. The Balaban J connectivity index is 1.54. The number of thiophene rings is 1. The van der Waals surface area contributed by atoms with Gasteiger partial charge in [0.1, 0.15) is 15.6 Å². The van der Waals surface area contributed by atoms with Crippen molar-refractivity contribution >= 4 is 34.6 Å². The maximum absolute atomic E-state index is 12.1. The first-order valence-electron chi connectivity index (χ1n) is 7.11. The number of thiazole rings is 1. The minimum absolute atomic E-state index is 0.255. The molecule has 0 aliphatic rings. The number of ether oxygens (including phenoxy) is 1. The van der Waals surface area contributed by atoms with Crippen molar-refractivity contribution in [3.05, 3.63) is 52.2 Å². The van der Waals surface area contributed by atoms with E-state index >= 15 is 0 Å². The van der Waals surface area contributed by atoms with E-state index in [1.54, 1.807) is 30.4 Å². The number of furan rings is 1. The SMILES string of the molecule is Cc1nc(-c2cccs2)sc1C(=O)OCC(=O)NCc1ccco1. The number of carbonyl (C=O) groups is 2. The molecule has 0 saturated heterocycles. The van der Waals surface area contributed by atoms with Crippen LogP contribution in [-0.2, 0) is 16.1 Å². The van der Waals surface area contributed by atoms with Crippen LogP contribution in [0.5, 0.6) is 0 Å². The average Bonchev–Trinajstić information content (AvgIpc) is 3.30. The molecule has 3 rings (SSSR count). The molecule has 3 heterocycles. The maximum atomic E-state index is 12.1. The monoisotopic (exact) mass is 362 g/mol. The number of esters is 1. The third-order valence-electron chi connectivity index (χ3n) is 3.09. The Hall–Kier alpha value is -2.45. The standard InChI is InChI=1S/C16H14N2O4S2/c1-10-14(24-15(18-10)12-5-3-7-23-12)16(20)22-9-13(19)17-8-11-4-2-6-21-11/h2-7H,8-9H2,1H3,(H,17,19). The number of nitrogens with one attached hydrogen (secondary N) is 1. The van der Waals surface area contributed by atoms with Crippen molar-refractivity contribution in [3.63, 3.8) is 0 Å². The van der Waals surface area contributed by atoms with E-state index in [9.17, 15) is 9.59 Å². The maximum Gasteiger partial charge on any atom is 0.350 e. The predicted octanol–water partition coefficient (Wildman–Crippen LogP) is 3.25. The van der Waals surface area contributed by atoms with E-state index < -0.39 is 5.97 Å². The third kappa shape index (κ3) is 3.90. The van der Waals surface area contributed by atoms with Gasteiger partial charge in [0, 0.05) is 0 Å². The van der Waals surface area contributed by atoms with Crippen molar-refractivity contribution in [1.29, 1.82) is 0 Å². The quantitative estimate of drug-likeness (QED) is 0.681. The summed E-state index contributed by atoms with van der Waals surface area (Å²) in [5.74, 6) is -0.296. The fourth-order valence-corrected chi connectivity index (χ4v) is 3.69. The number of aromatic nitrogens is 1. The average molecular weight is 362 g/mol. The van der Waals surface area contributed by atoms with Crippen LogP contribution in [0.2, 0.25) is 0 Å². The van der Waals surface area contributed by atoms with E-state index in [0.717, 1.165) is 9.88 Å². The van der Waals surface area contributed by atoms with Gasteiger partial charge in [-0.3, -0.25) is 4.79 Å². The Bertz CT molecular complexity index is 823. The summed E-state index contributed by atoms with van der Waals surface area (Å²) < 4.78 is 10.2. The first kappa shape index (κ1) is 16.4. The molecule has 0 aliphatic heterocycles. The second-order valence-electron chi connectivity index (χ2n) is 4.84. The van der Waals surface area contributed by atoms with Crippen LogP contribution in [0, 0.1) is 6.92 Å². The lowest BCUT2D eigenvalue weighted by Gasteiger charge is -2.04. The number of rotatable bonds is 6. The molecule has 0 spiro atoms. The van der Waals surface area contributed by atoms with Crippen LogP contribution in [-0.4, -0.2) is 23.5 Å². The Morgan fingerprint density at radius 1 is 1.33 bits per heavy atom. The number of hydrogen-bond donors (Lipinski definition) is 1. The first-order chi connectivity index (χ1) is 11.6. The predicted molar refractivity (Wildman–Crippen MR) is 91.0 cm³/mol. The van der Waals surface area contributed by atoms with Gasteiger partial charge in [-0.1, -0.05) is 6.07 Å². The third-order valence-corrected chi connectivity index (χ3v) is 5.26. The normalized spacial score (nSPS) is 10.5. The Morgan fingerprint density at radius 3 is 2.92 bits per heavy atom. The fourth-order valence-electron chi connectivity index (χ4n) is 1.94. The van der Waals surface area contributed by atoms with E-state index in [0.29, 0.717) is 16.3 Å². The van der Waals surface area contributed by atoms with Crippen LogP contribution >= 0.6 is 22.7 Å². The summed E-state index contributed by atoms with van der Waals surface area (Å²) in [5, 5.41) is 5.34. The zero-order chi connectivity index (χ0) is 16.9. The number of nitrogens with zero attached hydrogens (tertiary/aromatic N) is 1. The summed E-state index contributed by atoms with van der Waals surface area (Å²) in [7, 11) is 0. The second-order valence-corrected chi connectivity index (χ2v) is 6.79.